The first-order chi connectivity index (χ1) is 16.0. The molecule has 166 valence electrons. The lowest BCUT2D eigenvalue weighted by Gasteiger charge is -2.12. The molecule has 2 N–H and O–H groups in total. The third-order valence-corrected chi connectivity index (χ3v) is 5.64. The van der Waals surface area contributed by atoms with Crippen LogP contribution in [0.15, 0.2) is 54.7 Å². The van der Waals surface area contributed by atoms with Crippen LogP contribution in [0.2, 0.25) is 0 Å². The highest BCUT2D eigenvalue weighted by Crippen LogP contribution is 2.25. The number of aryl methyl sites for hydroxylation is 2. The molecular formula is C24H23N7O2. The maximum Gasteiger partial charge on any atom is 0.337 e. The van der Waals surface area contributed by atoms with Gasteiger partial charge in [-0.05, 0) is 60.0 Å². The molecule has 0 bridgehead atoms. The normalized spacial score (nSPS) is 11.3. The molecule has 0 unspecified atom stereocenters. The van der Waals surface area contributed by atoms with Gasteiger partial charge in [-0.2, -0.15) is 5.21 Å². The number of benzene rings is 2. The second-order valence-electron chi connectivity index (χ2n) is 8.02. The number of carboxylic acid groups (broad SMARTS) is 1. The van der Waals surface area contributed by atoms with Gasteiger partial charge >= 0.3 is 5.97 Å². The number of tetrazole rings is 1. The van der Waals surface area contributed by atoms with E-state index in [-0.39, 0.29) is 5.56 Å². The maximum absolute atomic E-state index is 11.9. The van der Waals surface area contributed by atoms with Crippen molar-refractivity contribution in [3.63, 3.8) is 0 Å². The Morgan fingerprint density at radius 2 is 1.97 bits per heavy atom. The van der Waals surface area contributed by atoms with Gasteiger partial charge < -0.3 is 14.2 Å². The summed E-state index contributed by atoms with van der Waals surface area (Å²) in [5.74, 6) is 0.477. The van der Waals surface area contributed by atoms with Crippen LogP contribution in [0.4, 0.5) is 0 Å². The Morgan fingerprint density at radius 1 is 1.15 bits per heavy atom. The molecule has 5 aromatic rings. The number of fused-ring (bicyclic) bond motifs is 1. The highest BCUT2D eigenvalue weighted by Gasteiger charge is 2.18. The van der Waals surface area contributed by atoms with Crippen molar-refractivity contribution in [3.8, 4) is 17.2 Å². The Labute approximate surface area is 189 Å². The number of carboxylic acids is 1. The van der Waals surface area contributed by atoms with Crippen molar-refractivity contribution in [2.75, 3.05) is 0 Å². The molecule has 0 spiro atoms. The van der Waals surface area contributed by atoms with Crippen LogP contribution < -0.4 is 0 Å². The van der Waals surface area contributed by atoms with Gasteiger partial charge in [0.25, 0.3) is 0 Å². The lowest BCUT2D eigenvalue weighted by atomic mass is 10.1. The lowest BCUT2D eigenvalue weighted by Crippen LogP contribution is -2.08. The van der Waals surface area contributed by atoms with Gasteiger partial charge in [-0.1, -0.05) is 25.1 Å². The predicted octanol–water partition coefficient (Wildman–Crippen LogP) is 4.01. The summed E-state index contributed by atoms with van der Waals surface area (Å²) < 4.78 is 4.06. The van der Waals surface area contributed by atoms with E-state index in [1.807, 2.05) is 46.5 Å². The molecule has 0 fully saturated rings. The first kappa shape index (κ1) is 20.6. The van der Waals surface area contributed by atoms with Crippen molar-refractivity contribution in [1.82, 2.24) is 34.7 Å². The number of nitrogens with zero attached hydrogens (tertiary/aromatic N) is 6. The van der Waals surface area contributed by atoms with Crippen LogP contribution in [-0.4, -0.2) is 45.8 Å². The quantitative estimate of drug-likeness (QED) is 0.394. The van der Waals surface area contributed by atoms with Crippen molar-refractivity contribution in [2.24, 2.45) is 0 Å². The lowest BCUT2D eigenvalue weighted by molar-refractivity contribution is 0.0698. The average molecular weight is 441 g/mol. The number of hydrogen-bond donors (Lipinski definition) is 2. The van der Waals surface area contributed by atoms with E-state index in [1.165, 1.54) is 0 Å². The number of rotatable bonds is 7. The molecule has 0 amide bonds. The zero-order chi connectivity index (χ0) is 22.9. The number of aromatic nitrogens is 7. The highest BCUT2D eigenvalue weighted by atomic mass is 16.4. The summed E-state index contributed by atoms with van der Waals surface area (Å²) in [5, 5.41) is 24.1. The van der Waals surface area contributed by atoms with Crippen LogP contribution in [0, 0.1) is 6.92 Å². The molecule has 0 aliphatic rings. The van der Waals surface area contributed by atoms with Crippen LogP contribution in [0.25, 0.3) is 28.2 Å². The van der Waals surface area contributed by atoms with E-state index < -0.39 is 5.97 Å². The molecule has 0 atom stereocenters. The highest BCUT2D eigenvalue weighted by molar-refractivity contribution is 6.01. The van der Waals surface area contributed by atoms with Gasteiger partial charge in [0.05, 0.1) is 22.3 Å². The van der Waals surface area contributed by atoms with E-state index in [2.05, 4.69) is 39.7 Å². The zero-order valence-electron chi connectivity index (χ0n) is 18.4. The molecule has 5 rings (SSSR count). The zero-order valence-corrected chi connectivity index (χ0v) is 18.4. The summed E-state index contributed by atoms with van der Waals surface area (Å²) in [7, 11) is 0. The van der Waals surface area contributed by atoms with Crippen LogP contribution >= 0.6 is 0 Å². The minimum atomic E-state index is -0.947. The number of aromatic carboxylic acids is 1. The molecule has 33 heavy (non-hydrogen) atoms. The molecule has 0 radical (unpaired) electrons. The Hall–Kier alpha value is -4.27. The molecule has 3 aromatic heterocycles. The molecule has 0 aliphatic heterocycles. The molecule has 0 saturated heterocycles. The molecule has 9 nitrogen and oxygen atoms in total. The van der Waals surface area contributed by atoms with E-state index in [9.17, 15) is 9.90 Å². The van der Waals surface area contributed by atoms with Crippen LogP contribution in [-0.2, 0) is 13.0 Å². The van der Waals surface area contributed by atoms with E-state index in [4.69, 9.17) is 4.98 Å². The maximum atomic E-state index is 11.9. The van der Waals surface area contributed by atoms with E-state index in [0.29, 0.717) is 23.4 Å². The average Bonchev–Trinajstić information content (AvgIpc) is 3.54. The Balaban J connectivity index is 1.52. The van der Waals surface area contributed by atoms with Gasteiger partial charge in [-0.25, -0.2) is 9.78 Å². The molecule has 3 heterocycles. The number of nitrogens with one attached hydrogen (secondary N) is 1. The largest absolute Gasteiger partial charge is 0.478 e. The van der Waals surface area contributed by atoms with Gasteiger partial charge in [0.15, 0.2) is 0 Å². The first-order valence-electron chi connectivity index (χ1n) is 10.8. The van der Waals surface area contributed by atoms with Gasteiger partial charge in [0.1, 0.15) is 5.82 Å². The minimum Gasteiger partial charge on any atom is -0.478 e. The Bertz CT molecular complexity index is 1430. The fourth-order valence-electron chi connectivity index (χ4n) is 4.19. The SMILES string of the molecule is CCCc1nc2cccc(C(=O)O)c2n1Cc1ccc(-n2cc(C)cc2-c2nn[nH]n2)cc1. The standard InChI is InChI=1S/C24H23N7O2/c1-3-5-21-25-19-7-4-6-18(24(32)33)22(19)31(21)14-16-8-10-17(11-9-16)30-13-15(2)12-20(30)23-26-28-29-27-23/h4,6-13H,3,5,14H2,1-2H3,(H,32,33)(H,26,27,28,29). The number of para-hydroxylation sites is 1. The van der Waals surface area contributed by atoms with Gasteiger partial charge in [-0.3, -0.25) is 0 Å². The van der Waals surface area contributed by atoms with Crippen LogP contribution in [0.3, 0.4) is 0 Å². The number of hydrogen-bond acceptors (Lipinski definition) is 5. The third kappa shape index (κ3) is 3.78. The van der Waals surface area contributed by atoms with Crippen molar-refractivity contribution >= 4 is 17.0 Å². The Kier molecular flexibility index (Phi) is 5.21. The van der Waals surface area contributed by atoms with Crippen LogP contribution in [0.1, 0.15) is 40.7 Å². The van der Waals surface area contributed by atoms with Crippen molar-refractivity contribution in [1.29, 1.82) is 0 Å². The number of imidazole rings is 1. The predicted molar refractivity (Wildman–Crippen MR) is 123 cm³/mol. The van der Waals surface area contributed by atoms with E-state index >= 15 is 0 Å². The summed E-state index contributed by atoms with van der Waals surface area (Å²) in [5.41, 5.74) is 5.62. The molecular weight excluding hydrogens is 418 g/mol. The topological polar surface area (TPSA) is 115 Å². The monoisotopic (exact) mass is 441 g/mol. The fourth-order valence-corrected chi connectivity index (χ4v) is 4.19. The fraction of sp³-hybridized carbons (Fsp3) is 0.208. The van der Waals surface area contributed by atoms with Crippen molar-refractivity contribution < 1.29 is 9.90 Å². The molecule has 0 saturated carbocycles. The number of H-pyrrole nitrogens is 1. The smallest absolute Gasteiger partial charge is 0.337 e. The van der Waals surface area contributed by atoms with E-state index in [1.54, 1.807) is 12.1 Å². The number of carbonyl (C=O) groups is 1. The van der Waals surface area contributed by atoms with Gasteiger partial charge in [-0.15, -0.1) is 10.2 Å². The third-order valence-electron chi connectivity index (χ3n) is 5.64. The van der Waals surface area contributed by atoms with Crippen LogP contribution in [0.5, 0.6) is 0 Å². The summed E-state index contributed by atoms with van der Waals surface area (Å²) >= 11 is 0. The molecule has 9 heteroatoms. The van der Waals surface area contributed by atoms with Gasteiger partial charge in [0.2, 0.25) is 5.82 Å². The second-order valence-corrected chi connectivity index (χ2v) is 8.02. The van der Waals surface area contributed by atoms with Crippen molar-refractivity contribution in [3.05, 3.63) is 77.2 Å². The first-order valence-corrected chi connectivity index (χ1v) is 10.8. The number of aromatic amines is 1. The summed E-state index contributed by atoms with van der Waals surface area (Å²) in [6.07, 6.45) is 3.74. The molecule has 2 aromatic carbocycles. The van der Waals surface area contributed by atoms with E-state index in [0.717, 1.165) is 41.2 Å². The second kappa shape index (κ2) is 8.34. The Morgan fingerprint density at radius 3 is 2.67 bits per heavy atom. The summed E-state index contributed by atoms with van der Waals surface area (Å²) in [6, 6.07) is 15.4. The van der Waals surface area contributed by atoms with Crippen molar-refractivity contribution in [2.45, 2.75) is 33.2 Å². The summed E-state index contributed by atoms with van der Waals surface area (Å²) in [4.78, 5) is 16.6. The van der Waals surface area contributed by atoms with Gasteiger partial charge in [0, 0.05) is 24.8 Å². The summed E-state index contributed by atoms with van der Waals surface area (Å²) in [6.45, 7) is 4.66. The molecule has 0 aliphatic carbocycles. The minimum absolute atomic E-state index is 0.270.